The third-order valence-electron chi connectivity index (χ3n) is 3.79. The highest BCUT2D eigenvalue weighted by atomic mass is 16.6. The van der Waals surface area contributed by atoms with Crippen LogP contribution < -0.4 is 16.7 Å². The third-order valence-corrected chi connectivity index (χ3v) is 3.79. The summed E-state index contributed by atoms with van der Waals surface area (Å²) < 4.78 is 2.55. The van der Waals surface area contributed by atoms with E-state index in [1.807, 2.05) is 0 Å². The highest BCUT2D eigenvalue weighted by Gasteiger charge is 2.16. The predicted octanol–water partition coefficient (Wildman–Crippen LogP) is -0.230. The number of nitrogens with zero attached hydrogens (tertiary/aromatic N) is 5. The van der Waals surface area contributed by atoms with Crippen LogP contribution >= 0.6 is 0 Å². The summed E-state index contributed by atoms with van der Waals surface area (Å²) in [5.41, 5.74) is 2.02. The monoisotopic (exact) mass is 373 g/mol. The molecule has 2 aromatic heterocycles. The van der Waals surface area contributed by atoms with Crippen molar-refractivity contribution in [2.75, 3.05) is 12.0 Å². The lowest BCUT2D eigenvalue weighted by Gasteiger charge is -2.05. The number of aromatic nitrogens is 4. The predicted molar refractivity (Wildman–Crippen MR) is 97.0 cm³/mol. The summed E-state index contributed by atoms with van der Waals surface area (Å²) in [6.45, 7) is -0.219. The smallest absolute Gasteiger partial charge is 0.329 e. The lowest BCUT2D eigenvalue weighted by atomic mass is 10.2. The number of benzene rings is 1. The van der Waals surface area contributed by atoms with Crippen molar-refractivity contribution in [1.29, 1.82) is 0 Å². The summed E-state index contributed by atoms with van der Waals surface area (Å²) in [5.74, 6) is 0.132. The van der Waals surface area contributed by atoms with Crippen molar-refractivity contribution in [3.8, 4) is 0 Å². The van der Waals surface area contributed by atoms with Gasteiger partial charge in [0, 0.05) is 31.3 Å². The highest BCUT2D eigenvalue weighted by Crippen LogP contribution is 2.15. The van der Waals surface area contributed by atoms with Gasteiger partial charge in [0.2, 0.25) is 5.95 Å². The fourth-order valence-corrected chi connectivity index (χ4v) is 2.52. The molecular weight excluding hydrogens is 358 g/mol. The molecule has 1 aromatic carbocycles. The molecule has 0 saturated carbocycles. The quantitative estimate of drug-likeness (QED) is 0.305. The van der Waals surface area contributed by atoms with Crippen LogP contribution in [0.25, 0.3) is 11.2 Å². The number of rotatable bonds is 6. The first kappa shape index (κ1) is 18.0. The maximum absolute atomic E-state index is 12.1. The van der Waals surface area contributed by atoms with Crippen LogP contribution in [0.3, 0.4) is 0 Å². The van der Waals surface area contributed by atoms with Crippen LogP contribution in [0, 0.1) is 10.1 Å². The molecule has 3 rings (SSSR count). The molecule has 2 heterocycles. The van der Waals surface area contributed by atoms with Crippen LogP contribution in [-0.4, -0.2) is 42.0 Å². The molecule has 3 aromatic rings. The van der Waals surface area contributed by atoms with Crippen LogP contribution in [0.5, 0.6) is 0 Å². The zero-order chi connectivity index (χ0) is 19.6. The third kappa shape index (κ3) is 3.46. The van der Waals surface area contributed by atoms with E-state index in [9.17, 15) is 24.8 Å². The molecule has 140 valence electrons. The van der Waals surface area contributed by atoms with E-state index in [4.69, 9.17) is 0 Å². The number of imidazole rings is 1. The Morgan fingerprint density at radius 3 is 2.93 bits per heavy atom. The first-order valence-electron chi connectivity index (χ1n) is 7.76. The Labute approximate surface area is 150 Å². The average Bonchev–Trinajstić information content (AvgIpc) is 2.99. The molecule has 0 saturated heterocycles. The first-order valence-corrected chi connectivity index (χ1v) is 7.76. The van der Waals surface area contributed by atoms with E-state index in [-0.39, 0.29) is 36.0 Å². The number of anilines is 1. The topological polar surface area (TPSA) is 160 Å². The average molecular weight is 373 g/mol. The van der Waals surface area contributed by atoms with Gasteiger partial charge in [0.25, 0.3) is 11.2 Å². The Kier molecular flexibility index (Phi) is 4.81. The van der Waals surface area contributed by atoms with Crippen LogP contribution in [0.4, 0.5) is 11.6 Å². The highest BCUT2D eigenvalue weighted by molar-refractivity contribution is 5.81. The lowest BCUT2D eigenvalue weighted by molar-refractivity contribution is -0.384. The van der Waals surface area contributed by atoms with E-state index < -0.39 is 16.2 Å². The number of aryl methyl sites for hydroxylation is 1. The molecule has 12 nitrogen and oxygen atoms in total. The summed E-state index contributed by atoms with van der Waals surface area (Å²) in [4.78, 5) is 40.5. The number of aliphatic hydroxyl groups is 1. The molecule has 0 aliphatic carbocycles. The van der Waals surface area contributed by atoms with E-state index in [2.05, 4.69) is 20.5 Å². The van der Waals surface area contributed by atoms with Crippen LogP contribution in [0.2, 0.25) is 0 Å². The molecule has 0 amide bonds. The van der Waals surface area contributed by atoms with E-state index in [1.54, 1.807) is 6.07 Å². The van der Waals surface area contributed by atoms with Gasteiger partial charge in [-0.1, -0.05) is 12.1 Å². The van der Waals surface area contributed by atoms with Gasteiger partial charge in [-0.05, 0) is 0 Å². The Morgan fingerprint density at radius 2 is 2.22 bits per heavy atom. The number of fused-ring (bicyclic) bond motifs is 1. The van der Waals surface area contributed by atoms with Gasteiger partial charge < -0.3 is 9.67 Å². The van der Waals surface area contributed by atoms with Gasteiger partial charge in [-0.3, -0.25) is 24.5 Å². The molecule has 0 fully saturated rings. The second-order valence-electron chi connectivity index (χ2n) is 5.52. The Bertz CT molecular complexity index is 1160. The standard InChI is InChI=1S/C15H15N7O5/c1-20-12-11(13(24)18-15(20)25)21(5-6-23)14(17-12)19-16-8-9-3-2-4-10(7-9)22(26)27/h2-4,7-8,23H,5-6H2,1H3,(H,17,19)(H,18,24,25)/b16-8-. The SMILES string of the molecule is Cn1c(=O)[nH]c(=O)c2c1nc(N/N=C\c1cccc([N+](=O)[O-])c1)n2CCO. The summed E-state index contributed by atoms with van der Waals surface area (Å²) >= 11 is 0. The number of aromatic amines is 1. The Morgan fingerprint density at radius 1 is 1.44 bits per heavy atom. The van der Waals surface area contributed by atoms with Crippen molar-refractivity contribution in [3.63, 3.8) is 0 Å². The molecule has 0 bridgehead atoms. The largest absolute Gasteiger partial charge is 0.395 e. The van der Waals surface area contributed by atoms with Crippen molar-refractivity contribution in [3.05, 3.63) is 60.8 Å². The fraction of sp³-hybridized carbons (Fsp3) is 0.200. The summed E-state index contributed by atoms with van der Waals surface area (Å²) in [7, 11) is 1.45. The molecule has 3 N–H and O–H groups in total. The minimum absolute atomic E-state index is 0.0481. The molecule has 27 heavy (non-hydrogen) atoms. The Hall–Kier alpha value is -3.80. The van der Waals surface area contributed by atoms with Gasteiger partial charge in [-0.2, -0.15) is 10.1 Å². The molecular formula is C15H15N7O5. The number of aliphatic hydroxyl groups excluding tert-OH is 1. The molecule has 0 radical (unpaired) electrons. The zero-order valence-electron chi connectivity index (χ0n) is 14.1. The maximum Gasteiger partial charge on any atom is 0.329 e. The van der Waals surface area contributed by atoms with Crippen molar-refractivity contribution in [1.82, 2.24) is 19.1 Å². The fourth-order valence-electron chi connectivity index (χ4n) is 2.52. The van der Waals surface area contributed by atoms with E-state index in [0.29, 0.717) is 5.56 Å². The summed E-state index contributed by atoms with van der Waals surface area (Å²) in [5, 5.41) is 24.0. The van der Waals surface area contributed by atoms with Gasteiger partial charge in [-0.15, -0.1) is 0 Å². The number of nitro benzene ring substituents is 1. The molecule has 0 spiro atoms. The van der Waals surface area contributed by atoms with Crippen molar-refractivity contribution < 1.29 is 10.0 Å². The van der Waals surface area contributed by atoms with Crippen molar-refractivity contribution in [2.24, 2.45) is 12.1 Å². The Balaban J connectivity index is 1.98. The van der Waals surface area contributed by atoms with Gasteiger partial charge in [0.05, 0.1) is 17.7 Å². The number of non-ortho nitro benzene ring substituents is 1. The van der Waals surface area contributed by atoms with Crippen molar-refractivity contribution >= 4 is 29.0 Å². The zero-order valence-corrected chi connectivity index (χ0v) is 14.1. The number of H-pyrrole nitrogens is 1. The lowest BCUT2D eigenvalue weighted by Crippen LogP contribution is -2.29. The van der Waals surface area contributed by atoms with Crippen molar-refractivity contribution in [2.45, 2.75) is 6.54 Å². The second kappa shape index (κ2) is 7.21. The van der Waals surface area contributed by atoms with E-state index in [1.165, 1.54) is 40.6 Å². The van der Waals surface area contributed by atoms with Gasteiger partial charge in [0.1, 0.15) is 0 Å². The minimum Gasteiger partial charge on any atom is -0.395 e. The van der Waals surface area contributed by atoms with Crippen LogP contribution in [0.1, 0.15) is 5.56 Å². The van der Waals surface area contributed by atoms with Gasteiger partial charge in [-0.25, -0.2) is 10.2 Å². The van der Waals surface area contributed by atoms with Gasteiger partial charge in [0.15, 0.2) is 11.2 Å². The number of hydrogen-bond acceptors (Lipinski definition) is 8. The van der Waals surface area contributed by atoms with E-state index in [0.717, 1.165) is 0 Å². The van der Waals surface area contributed by atoms with Gasteiger partial charge >= 0.3 is 5.69 Å². The van der Waals surface area contributed by atoms with Crippen LogP contribution in [0.15, 0.2) is 39.0 Å². The van der Waals surface area contributed by atoms with Crippen LogP contribution in [-0.2, 0) is 13.6 Å². The molecule has 0 unspecified atom stereocenters. The molecule has 0 aliphatic rings. The number of nitro groups is 1. The summed E-state index contributed by atoms with van der Waals surface area (Å²) in [6.07, 6.45) is 1.35. The minimum atomic E-state index is -0.634. The molecule has 12 heteroatoms. The maximum atomic E-state index is 12.1. The number of hydrazone groups is 1. The second-order valence-corrected chi connectivity index (χ2v) is 5.52. The molecule has 0 atom stereocenters. The molecule has 0 aliphatic heterocycles. The number of hydrogen-bond donors (Lipinski definition) is 3. The number of nitrogens with one attached hydrogen (secondary N) is 2. The normalized spacial score (nSPS) is 11.3. The summed E-state index contributed by atoms with van der Waals surface area (Å²) in [6, 6.07) is 5.85. The van der Waals surface area contributed by atoms with E-state index >= 15 is 0 Å². The first-order chi connectivity index (χ1) is 12.9.